The van der Waals surface area contributed by atoms with Gasteiger partial charge in [-0.25, -0.2) is 0 Å². The molecule has 0 aromatic heterocycles. The highest BCUT2D eigenvalue weighted by Crippen LogP contribution is 2.21. The van der Waals surface area contributed by atoms with Gasteiger partial charge in [0.15, 0.2) is 0 Å². The first-order chi connectivity index (χ1) is 8.04. The van der Waals surface area contributed by atoms with Crippen LogP contribution in [0.4, 0.5) is 0 Å². The maximum atomic E-state index is 6.19. The minimum absolute atomic E-state index is 0.350. The number of halogens is 1. The van der Waals surface area contributed by atoms with Crippen molar-refractivity contribution >= 4 is 11.6 Å². The quantitative estimate of drug-likeness (QED) is 0.839. The Morgan fingerprint density at radius 3 is 2.59 bits per heavy atom. The minimum Gasteiger partial charge on any atom is -0.309 e. The van der Waals surface area contributed by atoms with Crippen molar-refractivity contribution in [3.8, 4) is 0 Å². The van der Waals surface area contributed by atoms with E-state index >= 15 is 0 Å². The van der Waals surface area contributed by atoms with Crippen LogP contribution in [0.5, 0.6) is 0 Å². The van der Waals surface area contributed by atoms with Crippen LogP contribution >= 0.6 is 11.6 Å². The zero-order chi connectivity index (χ0) is 12.8. The third-order valence-electron chi connectivity index (χ3n) is 2.79. The first-order valence-corrected chi connectivity index (χ1v) is 6.56. The van der Waals surface area contributed by atoms with Gasteiger partial charge >= 0.3 is 0 Å². The summed E-state index contributed by atoms with van der Waals surface area (Å²) in [7, 11) is 4.19. The molecule has 1 rings (SSSR count). The van der Waals surface area contributed by atoms with E-state index in [4.69, 9.17) is 11.6 Å². The molecule has 1 N–H and O–H groups in total. The van der Waals surface area contributed by atoms with Crippen LogP contribution in [0.2, 0.25) is 5.02 Å². The van der Waals surface area contributed by atoms with E-state index in [1.165, 1.54) is 5.56 Å². The van der Waals surface area contributed by atoms with Crippen molar-refractivity contribution < 1.29 is 0 Å². The average molecular weight is 255 g/mol. The number of rotatable bonds is 6. The van der Waals surface area contributed by atoms with Crippen molar-refractivity contribution in [3.05, 3.63) is 34.3 Å². The molecule has 3 heteroatoms. The second-order valence-electron chi connectivity index (χ2n) is 4.78. The molecule has 0 aliphatic heterocycles. The predicted octanol–water partition coefficient (Wildman–Crippen LogP) is 3.25. The van der Waals surface area contributed by atoms with Gasteiger partial charge in [0.25, 0.3) is 0 Å². The van der Waals surface area contributed by atoms with Crippen molar-refractivity contribution in [3.63, 3.8) is 0 Å². The zero-order valence-corrected chi connectivity index (χ0v) is 12.0. The number of nitrogens with zero attached hydrogens (tertiary/aromatic N) is 1. The van der Waals surface area contributed by atoms with Gasteiger partial charge in [0.2, 0.25) is 0 Å². The molecular formula is C14H23ClN2. The molecule has 96 valence electrons. The van der Waals surface area contributed by atoms with Crippen molar-refractivity contribution in [2.24, 2.45) is 0 Å². The molecule has 2 nitrogen and oxygen atoms in total. The SMILES string of the molecule is CCCNC(CN(C)C)c1ccc(C)c(Cl)c1. The summed E-state index contributed by atoms with van der Waals surface area (Å²) in [4.78, 5) is 2.20. The van der Waals surface area contributed by atoms with E-state index in [1.807, 2.05) is 6.92 Å². The fraction of sp³-hybridized carbons (Fsp3) is 0.571. The summed E-state index contributed by atoms with van der Waals surface area (Å²) in [6.07, 6.45) is 1.14. The van der Waals surface area contributed by atoms with Crippen LogP contribution in [0, 0.1) is 6.92 Å². The Bertz CT molecular complexity index is 350. The van der Waals surface area contributed by atoms with Crippen LogP contribution in [0.25, 0.3) is 0 Å². The molecule has 0 amide bonds. The smallest absolute Gasteiger partial charge is 0.0449 e. The molecule has 0 aliphatic carbocycles. The fourth-order valence-electron chi connectivity index (χ4n) is 1.80. The third kappa shape index (κ3) is 4.66. The number of hydrogen-bond acceptors (Lipinski definition) is 2. The second kappa shape index (κ2) is 7.00. The van der Waals surface area contributed by atoms with Gasteiger partial charge in [-0.2, -0.15) is 0 Å². The van der Waals surface area contributed by atoms with Gasteiger partial charge in [-0.05, 0) is 51.2 Å². The minimum atomic E-state index is 0.350. The van der Waals surface area contributed by atoms with Crippen molar-refractivity contribution in [1.82, 2.24) is 10.2 Å². The van der Waals surface area contributed by atoms with Gasteiger partial charge in [-0.15, -0.1) is 0 Å². The van der Waals surface area contributed by atoms with Crippen molar-refractivity contribution in [1.29, 1.82) is 0 Å². The molecule has 0 heterocycles. The summed E-state index contributed by atoms with van der Waals surface area (Å²) in [5.41, 5.74) is 2.40. The summed E-state index contributed by atoms with van der Waals surface area (Å²) < 4.78 is 0. The summed E-state index contributed by atoms with van der Waals surface area (Å²) in [6, 6.07) is 6.68. The van der Waals surface area contributed by atoms with Crippen LogP contribution in [-0.4, -0.2) is 32.1 Å². The number of hydrogen-bond donors (Lipinski definition) is 1. The van der Waals surface area contributed by atoms with Gasteiger partial charge in [0.05, 0.1) is 0 Å². The number of nitrogens with one attached hydrogen (secondary N) is 1. The highest BCUT2D eigenvalue weighted by molar-refractivity contribution is 6.31. The molecule has 1 aromatic carbocycles. The zero-order valence-electron chi connectivity index (χ0n) is 11.3. The summed E-state index contributed by atoms with van der Waals surface area (Å²) in [5, 5.41) is 4.41. The van der Waals surface area contributed by atoms with Gasteiger partial charge in [0.1, 0.15) is 0 Å². The normalized spacial score (nSPS) is 13.1. The van der Waals surface area contributed by atoms with Crippen LogP contribution in [0.15, 0.2) is 18.2 Å². The van der Waals surface area contributed by atoms with Gasteiger partial charge in [-0.3, -0.25) is 0 Å². The summed E-state index contributed by atoms with van der Waals surface area (Å²) in [6.45, 7) is 6.23. The molecule has 17 heavy (non-hydrogen) atoms. The Morgan fingerprint density at radius 1 is 1.35 bits per heavy atom. The first kappa shape index (κ1) is 14.5. The lowest BCUT2D eigenvalue weighted by atomic mass is 10.0. The first-order valence-electron chi connectivity index (χ1n) is 6.18. The van der Waals surface area contributed by atoms with E-state index in [0.29, 0.717) is 6.04 Å². The lowest BCUT2D eigenvalue weighted by Crippen LogP contribution is -2.31. The lowest BCUT2D eigenvalue weighted by molar-refractivity contribution is 0.342. The molecular weight excluding hydrogens is 232 g/mol. The number of likely N-dealkylation sites (N-methyl/N-ethyl adjacent to an activating group) is 1. The fourth-order valence-corrected chi connectivity index (χ4v) is 1.99. The third-order valence-corrected chi connectivity index (χ3v) is 3.19. The average Bonchev–Trinajstić information content (AvgIpc) is 2.27. The van der Waals surface area contributed by atoms with E-state index < -0.39 is 0 Å². The van der Waals surface area contributed by atoms with E-state index in [-0.39, 0.29) is 0 Å². The molecule has 0 spiro atoms. The van der Waals surface area contributed by atoms with E-state index in [0.717, 1.165) is 30.1 Å². The molecule has 1 atom stereocenters. The Balaban J connectivity index is 2.83. The molecule has 0 radical (unpaired) electrons. The largest absolute Gasteiger partial charge is 0.309 e. The van der Waals surface area contributed by atoms with E-state index in [9.17, 15) is 0 Å². The highest BCUT2D eigenvalue weighted by Gasteiger charge is 2.12. The predicted molar refractivity (Wildman–Crippen MR) is 75.8 cm³/mol. The molecule has 0 aliphatic rings. The van der Waals surface area contributed by atoms with Crippen molar-refractivity contribution in [2.45, 2.75) is 26.3 Å². The topological polar surface area (TPSA) is 15.3 Å². The number of aryl methyl sites for hydroxylation is 1. The molecule has 0 saturated heterocycles. The van der Waals surface area contributed by atoms with Crippen LogP contribution in [0.3, 0.4) is 0 Å². The Hall–Kier alpha value is -0.570. The van der Waals surface area contributed by atoms with Crippen LogP contribution in [-0.2, 0) is 0 Å². The van der Waals surface area contributed by atoms with Gasteiger partial charge < -0.3 is 10.2 Å². The van der Waals surface area contributed by atoms with Crippen LogP contribution < -0.4 is 5.32 Å². The Kier molecular flexibility index (Phi) is 5.96. The molecule has 0 bridgehead atoms. The summed E-state index contributed by atoms with van der Waals surface area (Å²) >= 11 is 6.19. The molecule has 1 unspecified atom stereocenters. The van der Waals surface area contributed by atoms with E-state index in [2.05, 4.69) is 49.4 Å². The molecule has 0 saturated carbocycles. The maximum absolute atomic E-state index is 6.19. The van der Waals surface area contributed by atoms with Gasteiger partial charge in [-0.1, -0.05) is 30.7 Å². The Morgan fingerprint density at radius 2 is 2.06 bits per heavy atom. The lowest BCUT2D eigenvalue weighted by Gasteiger charge is -2.23. The van der Waals surface area contributed by atoms with Crippen LogP contribution in [0.1, 0.15) is 30.5 Å². The second-order valence-corrected chi connectivity index (χ2v) is 5.18. The van der Waals surface area contributed by atoms with E-state index in [1.54, 1.807) is 0 Å². The maximum Gasteiger partial charge on any atom is 0.0449 e. The monoisotopic (exact) mass is 254 g/mol. The van der Waals surface area contributed by atoms with Gasteiger partial charge in [0, 0.05) is 17.6 Å². The van der Waals surface area contributed by atoms with Crippen molar-refractivity contribution in [2.75, 3.05) is 27.2 Å². The summed E-state index contributed by atoms with van der Waals surface area (Å²) in [5.74, 6) is 0. The molecule has 0 fully saturated rings. The number of benzene rings is 1. The molecule has 1 aromatic rings. The highest BCUT2D eigenvalue weighted by atomic mass is 35.5. The Labute approximate surface area is 110 Å². The standard InChI is InChI=1S/C14H23ClN2/c1-5-8-16-14(10-17(3)4)12-7-6-11(2)13(15)9-12/h6-7,9,14,16H,5,8,10H2,1-4H3.